The largest absolute Gasteiger partial charge is 0.330 e. The van der Waals surface area contributed by atoms with Gasteiger partial charge in [-0.05, 0) is 24.9 Å². The molecule has 1 aromatic carbocycles. The summed E-state index contributed by atoms with van der Waals surface area (Å²) in [6, 6.07) is 9.68. The molecule has 0 radical (unpaired) electrons. The minimum Gasteiger partial charge on any atom is -0.330 e. The van der Waals surface area contributed by atoms with Crippen LogP contribution in [0.5, 0.6) is 0 Å². The number of nitrogens with zero attached hydrogens (tertiary/aromatic N) is 1. The lowest BCUT2D eigenvalue weighted by molar-refractivity contribution is 0.401. The monoisotopic (exact) mass is 284 g/mol. The van der Waals surface area contributed by atoms with E-state index in [9.17, 15) is 8.42 Å². The molecule has 5 heteroatoms. The first kappa shape index (κ1) is 16.1. The van der Waals surface area contributed by atoms with Crippen molar-refractivity contribution >= 4 is 10.0 Å². The van der Waals surface area contributed by atoms with Crippen molar-refractivity contribution in [3.63, 3.8) is 0 Å². The molecule has 0 saturated heterocycles. The zero-order valence-electron chi connectivity index (χ0n) is 11.6. The van der Waals surface area contributed by atoms with Crippen molar-refractivity contribution in [3.8, 4) is 0 Å². The standard InChI is InChI=1S/C14H24N2O2S/c1-2-3-12-19(17,18)16(11-7-10-15)13-14-8-5-4-6-9-14/h4-6,8-9H,2-3,7,10-13,15H2,1H3. The van der Waals surface area contributed by atoms with Crippen LogP contribution in [0, 0.1) is 0 Å². The maximum Gasteiger partial charge on any atom is 0.214 e. The maximum absolute atomic E-state index is 12.3. The van der Waals surface area contributed by atoms with Crippen molar-refractivity contribution in [1.29, 1.82) is 0 Å². The topological polar surface area (TPSA) is 63.4 Å². The lowest BCUT2D eigenvalue weighted by Gasteiger charge is -2.22. The van der Waals surface area contributed by atoms with Crippen LogP contribution in [0.4, 0.5) is 0 Å². The van der Waals surface area contributed by atoms with E-state index in [1.807, 2.05) is 37.3 Å². The zero-order valence-corrected chi connectivity index (χ0v) is 12.4. The molecule has 0 aromatic heterocycles. The van der Waals surface area contributed by atoms with Gasteiger partial charge in [-0.25, -0.2) is 8.42 Å². The molecule has 0 amide bonds. The van der Waals surface area contributed by atoms with Crippen LogP contribution in [0.3, 0.4) is 0 Å². The molecule has 0 unspecified atom stereocenters. The summed E-state index contributed by atoms with van der Waals surface area (Å²) >= 11 is 0. The van der Waals surface area contributed by atoms with E-state index in [-0.39, 0.29) is 5.75 Å². The second-order valence-corrected chi connectivity index (χ2v) is 6.72. The van der Waals surface area contributed by atoms with Crippen LogP contribution in [0.15, 0.2) is 30.3 Å². The predicted molar refractivity (Wildman–Crippen MR) is 79.2 cm³/mol. The summed E-state index contributed by atoms with van der Waals surface area (Å²) in [7, 11) is -3.18. The Kier molecular flexibility index (Phi) is 7.05. The summed E-state index contributed by atoms with van der Waals surface area (Å²) in [5.41, 5.74) is 6.51. The van der Waals surface area contributed by atoms with Gasteiger partial charge in [0, 0.05) is 13.1 Å². The molecule has 2 N–H and O–H groups in total. The van der Waals surface area contributed by atoms with Crippen LogP contribution in [-0.2, 0) is 16.6 Å². The van der Waals surface area contributed by atoms with E-state index in [0.29, 0.717) is 32.5 Å². The normalized spacial score (nSPS) is 11.9. The summed E-state index contributed by atoms with van der Waals surface area (Å²) in [5.74, 6) is 0.223. The van der Waals surface area contributed by atoms with Crippen LogP contribution in [0.25, 0.3) is 0 Å². The molecule has 0 fully saturated rings. The number of unbranched alkanes of at least 4 members (excludes halogenated alkanes) is 1. The number of hydrogen-bond acceptors (Lipinski definition) is 3. The predicted octanol–water partition coefficient (Wildman–Crippen LogP) is 1.97. The number of sulfonamides is 1. The van der Waals surface area contributed by atoms with Gasteiger partial charge < -0.3 is 5.73 Å². The van der Waals surface area contributed by atoms with E-state index >= 15 is 0 Å². The number of rotatable bonds is 9. The van der Waals surface area contributed by atoms with Crippen molar-refractivity contribution in [2.45, 2.75) is 32.7 Å². The summed E-state index contributed by atoms with van der Waals surface area (Å²) in [6.07, 6.45) is 2.28. The molecule has 1 rings (SSSR count). The Balaban J connectivity index is 2.76. The Morgan fingerprint density at radius 2 is 1.84 bits per heavy atom. The lowest BCUT2D eigenvalue weighted by atomic mass is 10.2. The van der Waals surface area contributed by atoms with E-state index in [0.717, 1.165) is 12.0 Å². The van der Waals surface area contributed by atoms with Gasteiger partial charge in [0.15, 0.2) is 0 Å². The molecule has 0 saturated carbocycles. The highest BCUT2D eigenvalue weighted by Crippen LogP contribution is 2.12. The fourth-order valence-electron chi connectivity index (χ4n) is 1.83. The van der Waals surface area contributed by atoms with Gasteiger partial charge in [-0.1, -0.05) is 43.7 Å². The van der Waals surface area contributed by atoms with Crippen LogP contribution in [-0.4, -0.2) is 31.6 Å². The van der Waals surface area contributed by atoms with Crippen molar-refractivity contribution in [3.05, 3.63) is 35.9 Å². The first-order valence-electron chi connectivity index (χ1n) is 6.82. The molecule has 19 heavy (non-hydrogen) atoms. The number of hydrogen-bond donors (Lipinski definition) is 1. The Hall–Kier alpha value is -0.910. The molecule has 4 nitrogen and oxygen atoms in total. The molecular weight excluding hydrogens is 260 g/mol. The number of benzene rings is 1. The van der Waals surface area contributed by atoms with Gasteiger partial charge in [-0.3, -0.25) is 0 Å². The van der Waals surface area contributed by atoms with Gasteiger partial charge in [-0.2, -0.15) is 4.31 Å². The molecular formula is C14H24N2O2S. The van der Waals surface area contributed by atoms with Gasteiger partial charge >= 0.3 is 0 Å². The average molecular weight is 284 g/mol. The highest BCUT2D eigenvalue weighted by atomic mass is 32.2. The first-order valence-corrected chi connectivity index (χ1v) is 8.43. The second kappa shape index (κ2) is 8.30. The maximum atomic E-state index is 12.3. The smallest absolute Gasteiger partial charge is 0.214 e. The van der Waals surface area contributed by atoms with Crippen LogP contribution in [0.2, 0.25) is 0 Å². The molecule has 0 atom stereocenters. The SMILES string of the molecule is CCCCS(=O)(=O)N(CCCN)Cc1ccccc1. The van der Waals surface area contributed by atoms with Crippen molar-refractivity contribution in [1.82, 2.24) is 4.31 Å². The van der Waals surface area contributed by atoms with E-state index in [1.54, 1.807) is 4.31 Å². The summed E-state index contributed by atoms with van der Waals surface area (Å²) in [5, 5.41) is 0. The summed E-state index contributed by atoms with van der Waals surface area (Å²) in [4.78, 5) is 0. The van der Waals surface area contributed by atoms with Crippen LogP contribution in [0.1, 0.15) is 31.7 Å². The van der Waals surface area contributed by atoms with Crippen LogP contribution < -0.4 is 5.73 Å². The molecule has 0 spiro atoms. The van der Waals surface area contributed by atoms with Gasteiger partial charge in [0.25, 0.3) is 0 Å². The molecule has 0 aliphatic rings. The Labute approximate surface area is 116 Å². The second-order valence-electron chi connectivity index (χ2n) is 4.63. The number of nitrogens with two attached hydrogens (primary N) is 1. The Morgan fingerprint density at radius 1 is 1.16 bits per heavy atom. The minimum atomic E-state index is -3.18. The van der Waals surface area contributed by atoms with E-state index < -0.39 is 10.0 Å². The van der Waals surface area contributed by atoms with E-state index in [2.05, 4.69) is 0 Å². The molecule has 0 aliphatic carbocycles. The van der Waals surface area contributed by atoms with Gasteiger partial charge in [-0.15, -0.1) is 0 Å². The highest BCUT2D eigenvalue weighted by molar-refractivity contribution is 7.89. The van der Waals surface area contributed by atoms with Gasteiger partial charge in [0.05, 0.1) is 5.75 Å². The molecule has 0 aliphatic heterocycles. The summed E-state index contributed by atoms with van der Waals surface area (Å²) < 4.78 is 26.1. The van der Waals surface area contributed by atoms with E-state index in [4.69, 9.17) is 5.73 Å². The third kappa shape index (κ3) is 5.72. The molecule has 0 bridgehead atoms. The van der Waals surface area contributed by atoms with Crippen LogP contribution >= 0.6 is 0 Å². The average Bonchev–Trinajstić information content (AvgIpc) is 2.42. The first-order chi connectivity index (χ1) is 9.10. The third-order valence-corrected chi connectivity index (χ3v) is 4.87. The minimum absolute atomic E-state index is 0.223. The van der Waals surface area contributed by atoms with Crippen molar-refractivity contribution < 1.29 is 8.42 Å². The third-order valence-electron chi connectivity index (χ3n) is 2.96. The Morgan fingerprint density at radius 3 is 2.42 bits per heavy atom. The summed E-state index contributed by atoms with van der Waals surface area (Å²) in [6.45, 7) is 3.44. The molecule has 108 valence electrons. The molecule has 0 heterocycles. The van der Waals surface area contributed by atoms with Crippen molar-refractivity contribution in [2.24, 2.45) is 5.73 Å². The quantitative estimate of drug-likeness (QED) is 0.754. The highest BCUT2D eigenvalue weighted by Gasteiger charge is 2.20. The van der Waals surface area contributed by atoms with Gasteiger partial charge in [0.1, 0.15) is 0 Å². The lowest BCUT2D eigenvalue weighted by Crippen LogP contribution is -2.34. The fourth-order valence-corrected chi connectivity index (χ4v) is 3.49. The molecule has 1 aromatic rings. The van der Waals surface area contributed by atoms with Gasteiger partial charge in [0.2, 0.25) is 10.0 Å². The van der Waals surface area contributed by atoms with E-state index in [1.165, 1.54) is 0 Å². The van der Waals surface area contributed by atoms with Crippen molar-refractivity contribution in [2.75, 3.05) is 18.8 Å². The Bertz CT molecular complexity index is 446. The zero-order chi connectivity index (χ0) is 14.1. The fraction of sp³-hybridized carbons (Fsp3) is 0.571.